The summed E-state index contributed by atoms with van der Waals surface area (Å²) < 4.78 is 3.16. The third-order valence-electron chi connectivity index (χ3n) is 2.10. The summed E-state index contributed by atoms with van der Waals surface area (Å²) in [5, 5.41) is 12.3. The van der Waals surface area contributed by atoms with Gasteiger partial charge in [0.1, 0.15) is 18.9 Å². The minimum Gasteiger partial charge on any atom is -0.357 e. The molecular weight excluding hydrogens is 206 g/mol. The average molecular weight is 215 g/mol. The molecule has 0 fully saturated rings. The summed E-state index contributed by atoms with van der Waals surface area (Å²) in [7, 11) is 1.85. The Morgan fingerprint density at radius 1 is 1.62 bits per heavy atom. The van der Waals surface area contributed by atoms with E-state index in [1.165, 1.54) is 11.0 Å². The molecule has 2 aromatic rings. The zero-order valence-corrected chi connectivity index (χ0v) is 8.66. The Balaban J connectivity index is 2.11. The molecule has 16 heavy (non-hydrogen) atoms. The maximum atomic E-state index is 11.7. The first-order valence-corrected chi connectivity index (χ1v) is 4.64. The molecule has 2 rings (SSSR count). The minimum absolute atomic E-state index is 0.0602. The van der Waals surface area contributed by atoms with Gasteiger partial charge in [-0.15, -0.1) is 5.10 Å². The van der Waals surface area contributed by atoms with Crippen molar-refractivity contribution < 1.29 is 4.79 Å². The summed E-state index contributed by atoms with van der Waals surface area (Å²) in [6.07, 6.45) is 4.92. The summed E-state index contributed by atoms with van der Waals surface area (Å²) >= 11 is 0. The number of ketones is 1. The van der Waals surface area contributed by atoms with Gasteiger partial charge in [0.2, 0.25) is 0 Å². The molecule has 0 N–H and O–H groups in total. The normalized spacial score (nSPS) is 10.0. The molecule has 0 bridgehead atoms. The third-order valence-corrected chi connectivity index (χ3v) is 2.10. The van der Waals surface area contributed by atoms with Gasteiger partial charge in [0.05, 0.1) is 0 Å². The van der Waals surface area contributed by atoms with Crippen molar-refractivity contribution in [2.24, 2.45) is 7.05 Å². The maximum absolute atomic E-state index is 11.7. The first-order chi connectivity index (χ1) is 7.69. The highest BCUT2D eigenvalue weighted by Crippen LogP contribution is 2.02. The van der Waals surface area contributed by atoms with Crippen molar-refractivity contribution in [2.45, 2.75) is 6.54 Å². The van der Waals surface area contributed by atoms with Crippen LogP contribution in [-0.4, -0.2) is 25.1 Å². The van der Waals surface area contributed by atoms with Gasteiger partial charge in [0.25, 0.3) is 5.82 Å². The first kappa shape index (κ1) is 10.1. The average Bonchev–Trinajstić information content (AvgIpc) is 2.87. The molecule has 0 unspecified atom stereocenters. The van der Waals surface area contributed by atoms with E-state index in [1.54, 1.807) is 29.1 Å². The molecule has 80 valence electrons. The number of hydrogen-bond acceptors (Lipinski definition) is 4. The number of aromatic nitrogens is 4. The predicted octanol–water partition coefficient (Wildman–Crippen LogP) is 0.371. The van der Waals surface area contributed by atoms with Crippen LogP contribution in [0.25, 0.3) is 0 Å². The molecule has 0 aliphatic heterocycles. The second kappa shape index (κ2) is 3.98. The number of Topliss-reactive ketones (excluding diaryl/α,β-unsaturated/α-hetero) is 1. The lowest BCUT2D eigenvalue weighted by molar-refractivity contribution is 0.0967. The third kappa shape index (κ3) is 1.98. The summed E-state index contributed by atoms with van der Waals surface area (Å²) in [6.45, 7) is 0.0959. The van der Waals surface area contributed by atoms with Crippen LogP contribution in [0.15, 0.2) is 24.8 Å². The van der Waals surface area contributed by atoms with Gasteiger partial charge in [-0.1, -0.05) is 0 Å². The molecule has 0 saturated carbocycles. The van der Waals surface area contributed by atoms with Gasteiger partial charge in [-0.05, 0) is 6.07 Å². The van der Waals surface area contributed by atoms with E-state index >= 15 is 0 Å². The number of hydrogen-bond donors (Lipinski definition) is 0. The second-order valence-electron chi connectivity index (χ2n) is 3.37. The molecular formula is C10H9N5O. The van der Waals surface area contributed by atoms with Crippen LogP contribution in [0.5, 0.6) is 0 Å². The Hall–Kier alpha value is -2.42. The van der Waals surface area contributed by atoms with Crippen molar-refractivity contribution in [1.82, 2.24) is 19.3 Å². The van der Waals surface area contributed by atoms with E-state index in [9.17, 15) is 4.79 Å². The van der Waals surface area contributed by atoms with Crippen LogP contribution in [0, 0.1) is 11.3 Å². The Morgan fingerprint density at radius 2 is 2.44 bits per heavy atom. The van der Waals surface area contributed by atoms with Crippen LogP contribution in [0.3, 0.4) is 0 Å². The van der Waals surface area contributed by atoms with Crippen molar-refractivity contribution in [2.75, 3.05) is 0 Å². The molecule has 0 atom stereocenters. The van der Waals surface area contributed by atoms with Crippen LogP contribution >= 0.6 is 0 Å². The van der Waals surface area contributed by atoms with Gasteiger partial charge in [-0.2, -0.15) is 5.26 Å². The summed E-state index contributed by atoms with van der Waals surface area (Å²) in [5.41, 5.74) is 0.622. The van der Waals surface area contributed by atoms with Crippen molar-refractivity contribution in [1.29, 1.82) is 5.26 Å². The molecule has 0 saturated heterocycles. The lowest BCUT2D eigenvalue weighted by Gasteiger charge is -1.97. The topological polar surface area (TPSA) is 76.5 Å². The SMILES string of the molecule is Cn1ccc(C(=O)Cn2cnc(C#N)n2)c1. The van der Waals surface area contributed by atoms with Crippen molar-refractivity contribution in [3.8, 4) is 6.07 Å². The molecule has 6 heteroatoms. The Bertz CT molecular complexity index is 560. The molecule has 2 aromatic heterocycles. The summed E-state index contributed by atoms with van der Waals surface area (Å²) in [6, 6.07) is 3.55. The number of nitriles is 1. The highest BCUT2D eigenvalue weighted by molar-refractivity contribution is 5.95. The van der Waals surface area contributed by atoms with E-state index in [2.05, 4.69) is 10.1 Å². The number of nitrogens with zero attached hydrogens (tertiary/aromatic N) is 5. The minimum atomic E-state index is -0.0602. The van der Waals surface area contributed by atoms with Crippen LogP contribution in [0.1, 0.15) is 16.2 Å². The predicted molar refractivity (Wildman–Crippen MR) is 54.5 cm³/mol. The van der Waals surface area contributed by atoms with Gasteiger partial charge < -0.3 is 4.57 Å². The zero-order valence-electron chi connectivity index (χ0n) is 8.66. The Labute approximate surface area is 91.7 Å². The molecule has 6 nitrogen and oxygen atoms in total. The highest BCUT2D eigenvalue weighted by atomic mass is 16.1. The second-order valence-corrected chi connectivity index (χ2v) is 3.37. The van der Waals surface area contributed by atoms with Gasteiger partial charge >= 0.3 is 0 Å². The van der Waals surface area contributed by atoms with Crippen LogP contribution in [0.4, 0.5) is 0 Å². The summed E-state index contributed by atoms with van der Waals surface area (Å²) in [5.74, 6) is 0.0100. The van der Waals surface area contributed by atoms with E-state index in [4.69, 9.17) is 5.26 Å². The fourth-order valence-corrected chi connectivity index (χ4v) is 1.33. The van der Waals surface area contributed by atoms with E-state index < -0.39 is 0 Å². The quantitative estimate of drug-likeness (QED) is 0.693. The van der Waals surface area contributed by atoms with E-state index in [1.807, 2.05) is 7.05 Å². The summed E-state index contributed by atoms with van der Waals surface area (Å²) in [4.78, 5) is 15.5. The van der Waals surface area contributed by atoms with E-state index in [-0.39, 0.29) is 18.2 Å². The van der Waals surface area contributed by atoms with Crippen LogP contribution in [0.2, 0.25) is 0 Å². The standard InChI is InChI=1S/C10H9N5O/c1-14-3-2-8(5-14)9(16)6-15-7-12-10(4-11)13-15/h2-3,5,7H,6H2,1H3. The zero-order chi connectivity index (χ0) is 11.5. The first-order valence-electron chi connectivity index (χ1n) is 4.64. The largest absolute Gasteiger partial charge is 0.357 e. The van der Waals surface area contributed by atoms with Crippen LogP contribution < -0.4 is 0 Å². The van der Waals surface area contributed by atoms with Crippen molar-refractivity contribution >= 4 is 5.78 Å². The highest BCUT2D eigenvalue weighted by Gasteiger charge is 2.09. The number of carbonyl (C=O) groups is 1. The smallest absolute Gasteiger partial charge is 0.252 e. The van der Waals surface area contributed by atoms with Crippen molar-refractivity contribution in [3.63, 3.8) is 0 Å². The van der Waals surface area contributed by atoms with Gasteiger partial charge in [0.15, 0.2) is 5.78 Å². The Morgan fingerprint density at radius 3 is 3.00 bits per heavy atom. The Kier molecular flexibility index (Phi) is 2.52. The molecule has 2 heterocycles. The lowest BCUT2D eigenvalue weighted by Crippen LogP contribution is -2.10. The molecule has 0 spiro atoms. The van der Waals surface area contributed by atoms with E-state index in [0.29, 0.717) is 5.56 Å². The maximum Gasteiger partial charge on any atom is 0.252 e. The molecule has 0 radical (unpaired) electrons. The fraction of sp³-hybridized carbons (Fsp3) is 0.200. The molecule has 0 amide bonds. The molecule has 0 aliphatic rings. The number of aryl methyl sites for hydroxylation is 1. The monoisotopic (exact) mass is 215 g/mol. The molecule has 0 aromatic carbocycles. The number of rotatable bonds is 3. The van der Waals surface area contributed by atoms with Crippen molar-refractivity contribution in [3.05, 3.63) is 36.2 Å². The van der Waals surface area contributed by atoms with Gasteiger partial charge in [-0.3, -0.25) is 4.79 Å². The number of carbonyl (C=O) groups excluding carboxylic acids is 1. The van der Waals surface area contributed by atoms with E-state index in [0.717, 1.165) is 0 Å². The van der Waals surface area contributed by atoms with Crippen LogP contribution in [-0.2, 0) is 13.6 Å². The molecule has 0 aliphatic carbocycles. The lowest BCUT2D eigenvalue weighted by atomic mass is 10.2. The van der Waals surface area contributed by atoms with Gasteiger partial charge in [-0.25, -0.2) is 9.67 Å². The van der Waals surface area contributed by atoms with Gasteiger partial charge in [0, 0.05) is 25.0 Å². The fourth-order valence-electron chi connectivity index (χ4n) is 1.33.